The molecule has 0 spiro atoms. The van der Waals surface area contributed by atoms with Gasteiger partial charge in [0.15, 0.2) is 0 Å². The smallest absolute Gasteiger partial charge is 0.00595 e. The van der Waals surface area contributed by atoms with E-state index in [4.69, 9.17) is 0 Å². The van der Waals surface area contributed by atoms with Crippen LogP contribution >= 0.6 is 15.7 Å². The topological polar surface area (TPSA) is 0 Å². The molecule has 0 aliphatic heterocycles. The summed E-state index contributed by atoms with van der Waals surface area (Å²) in [6.45, 7) is 2.20. The molecule has 2 radical (unpaired) electrons. The molecule has 0 saturated carbocycles. The fourth-order valence-corrected chi connectivity index (χ4v) is 2.43. The van der Waals surface area contributed by atoms with Gasteiger partial charge in [0.05, 0.1) is 0 Å². The van der Waals surface area contributed by atoms with Crippen molar-refractivity contribution in [3.63, 3.8) is 0 Å². The van der Waals surface area contributed by atoms with Crippen LogP contribution in [0.25, 0.3) is 0 Å². The second kappa shape index (κ2) is 18.2. The maximum atomic E-state index is 4.00. The van der Waals surface area contributed by atoms with Gasteiger partial charge in [0.25, 0.3) is 0 Å². The molecule has 0 rings (SSSR count). The average molecular weight is 496 g/mol. The minimum absolute atomic E-state index is 0. The maximum absolute atomic E-state index is 4.00. The van der Waals surface area contributed by atoms with Crippen molar-refractivity contribution in [1.82, 2.24) is 0 Å². The molecule has 0 fully saturated rings. The second-order valence-corrected chi connectivity index (χ2v) is 5.40. The molecule has 0 nitrogen and oxygen atoms in total. The summed E-state index contributed by atoms with van der Waals surface area (Å²) in [5.74, 6) is 1.25. The van der Waals surface area contributed by atoms with E-state index in [1.807, 2.05) is 0 Å². The standard InChI is InChI=1S/C5H12P2.W.2Y/c1-4-7(3)5-6-2;;;/h7H,2-5H2,1H3;;;. The van der Waals surface area contributed by atoms with Crippen molar-refractivity contribution < 1.29 is 86.5 Å². The minimum Gasteiger partial charge on any atom is -0.117 e. The predicted molar refractivity (Wildman–Crippen MR) is 44.9 cm³/mol. The third-order valence-corrected chi connectivity index (χ3v) is 4.52. The van der Waals surface area contributed by atoms with Gasteiger partial charge in [0, 0.05) is 92.4 Å². The van der Waals surface area contributed by atoms with Crippen LogP contribution in [0.1, 0.15) is 6.92 Å². The van der Waals surface area contributed by atoms with Crippen LogP contribution in [0.3, 0.4) is 0 Å². The van der Waals surface area contributed by atoms with Gasteiger partial charge in [-0.25, -0.2) is 0 Å². The third-order valence-electron chi connectivity index (χ3n) is 0.835. The molecule has 54 valence electrons. The molecule has 1 unspecified atom stereocenters. The Morgan fingerprint density at radius 1 is 1.40 bits per heavy atom. The molecular weight excluding hydrogens is 484 g/mol. The SMILES string of the molecule is C=PC[PH](=C)CC.[W].[Y].[Y]. The normalized spacial score (nSPS) is 10.1. The van der Waals surface area contributed by atoms with Gasteiger partial charge in [-0.05, 0) is 6.16 Å². The van der Waals surface area contributed by atoms with E-state index in [0.717, 1.165) is 0 Å². The first kappa shape index (κ1) is 23.3. The van der Waals surface area contributed by atoms with Crippen molar-refractivity contribution in [2.24, 2.45) is 0 Å². The molecule has 0 aromatic rings. The summed E-state index contributed by atoms with van der Waals surface area (Å²) in [6.07, 6.45) is 9.02. The summed E-state index contributed by atoms with van der Waals surface area (Å²) in [4.78, 5) is 0. The fourth-order valence-electron chi connectivity index (χ4n) is 0.270. The molecule has 0 aliphatic carbocycles. The molecular formula is C5H12P2WY2. The molecule has 0 aliphatic rings. The van der Waals surface area contributed by atoms with Crippen LogP contribution in [0.15, 0.2) is 0 Å². The summed E-state index contributed by atoms with van der Waals surface area (Å²) < 4.78 is 0. The first-order valence-corrected chi connectivity index (χ1v) is 5.79. The van der Waals surface area contributed by atoms with E-state index in [0.29, 0.717) is 0 Å². The zero-order chi connectivity index (χ0) is 5.70. The Labute approximate surface area is 131 Å². The third kappa shape index (κ3) is 17.5. The van der Waals surface area contributed by atoms with Gasteiger partial charge in [-0.15, -0.1) is 22.0 Å². The van der Waals surface area contributed by atoms with Crippen LogP contribution in [0.4, 0.5) is 0 Å². The Kier molecular flexibility index (Phi) is 42.4. The zero-order valence-corrected chi connectivity index (χ0v) is 16.8. The van der Waals surface area contributed by atoms with Gasteiger partial charge >= 0.3 is 0 Å². The van der Waals surface area contributed by atoms with E-state index in [1.165, 1.54) is 20.3 Å². The molecule has 0 aromatic heterocycles. The van der Waals surface area contributed by atoms with E-state index in [2.05, 4.69) is 19.5 Å². The van der Waals surface area contributed by atoms with Crippen LogP contribution in [-0.2, 0) is 86.5 Å². The Morgan fingerprint density at radius 2 is 1.80 bits per heavy atom. The molecule has 1 atom stereocenters. The van der Waals surface area contributed by atoms with Crippen molar-refractivity contribution in [2.75, 3.05) is 12.1 Å². The molecule has 10 heavy (non-hydrogen) atoms. The van der Waals surface area contributed by atoms with Gasteiger partial charge in [-0.1, -0.05) is 13.2 Å². The van der Waals surface area contributed by atoms with Crippen molar-refractivity contribution in [3.05, 3.63) is 0 Å². The molecule has 5 heteroatoms. The average Bonchev–Trinajstić information content (AvgIpc) is 1.68. The summed E-state index contributed by atoms with van der Waals surface area (Å²) in [5.41, 5.74) is 0. The Morgan fingerprint density at radius 3 is 1.90 bits per heavy atom. The van der Waals surface area contributed by atoms with Gasteiger partial charge in [0.1, 0.15) is 0 Å². The van der Waals surface area contributed by atoms with Crippen molar-refractivity contribution in [3.8, 4) is 0 Å². The fraction of sp³-hybridized carbons (Fsp3) is 0.600. The molecule has 0 N–H and O–H groups in total. The summed E-state index contributed by atoms with van der Waals surface area (Å²) >= 11 is 0. The van der Waals surface area contributed by atoms with Crippen molar-refractivity contribution >= 4 is 28.3 Å². The summed E-state index contributed by atoms with van der Waals surface area (Å²) in [6, 6.07) is 0. The van der Waals surface area contributed by atoms with E-state index in [-0.39, 0.29) is 94.0 Å². The van der Waals surface area contributed by atoms with E-state index in [9.17, 15) is 0 Å². The van der Waals surface area contributed by atoms with Gasteiger partial charge in [0.2, 0.25) is 0 Å². The van der Waals surface area contributed by atoms with Crippen LogP contribution in [0, 0.1) is 0 Å². The first-order valence-electron chi connectivity index (χ1n) is 2.40. The van der Waals surface area contributed by atoms with E-state index in [1.54, 1.807) is 0 Å². The predicted octanol–water partition coefficient (Wildman–Crippen LogP) is 1.98. The van der Waals surface area contributed by atoms with Crippen molar-refractivity contribution in [2.45, 2.75) is 6.92 Å². The van der Waals surface area contributed by atoms with E-state index >= 15 is 0 Å². The second-order valence-electron chi connectivity index (χ2n) is 1.49. The van der Waals surface area contributed by atoms with Crippen LogP contribution in [0.5, 0.6) is 0 Å². The quantitative estimate of drug-likeness (QED) is 0.526. The van der Waals surface area contributed by atoms with Gasteiger partial charge < -0.3 is 0 Å². The maximum Gasteiger partial charge on any atom is 0.00595 e. The van der Waals surface area contributed by atoms with E-state index < -0.39 is 0 Å². The molecule has 0 heterocycles. The number of hydrogen-bond donors (Lipinski definition) is 0. The number of rotatable bonds is 3. The Bertz CT molecular complexity index is 87.7. The minimum atomic E-state index is -0.205. The number of hydrogen-bond acceptors (Lipinski definition) is 0. The van der Waals surface area contributed by atoms with Crippen LogP contribution < -0.4 is 0 Å². The zero-order valence-electron chi connectivity index (χ0n) is 6.34. The van der Waals surface area contributed by atoms with Gasteiger partial charge in [-0.2, -0.15) is 0 Å². The summed E-state index contributed by atoms with van der Waals surface area (Å²) in [5, 5.41) is 0. The monoisotopic (exact) mass is 496 g/mol. The van der Waals surface area contributed by atoms with Gasteiger partial charge in [-0.3, -0.25) is 0 Å². The van der Waals surface area contributed by atoms with Crippen molar-refractivity contribution in [1.29, 1.82) is 0 Å². The first-order chi connectivity index (χ1) is 3.31. The molecule has 0 aromatic carbocycles. The Hall–Kier alpha value is 3.37. The van der Waals surface area contributed by atoms with Crippen LogP contribution in [0.2, 0.25) is 0 Å². The molecule has 0 amide bonds. The molecule has 0 saturated heterocycles. The Balaban J connectivity index is -0.0000000600. The summed E-state index contributed by atoms with van der Waals surface area (Å²) in [7, 11) is 1.07. The molecule has 0 bridgehead atoms. The van der Waals surface area contributed by atoms with Crippen LogP contribution in [-0.4, -0.2) is 24.7 Å². The largest absolute Gasteiger partial charge is 0.117 e.